The van der Waals surface area contributed by atoms with Gasteiger partial charge in [-0.05, 0) is 36.8 Å². The summed E-state index contributed by atoms with van der Waals surface area (Å²) in [5.41, 5.74) is 3.95. The molecule has 18 heavy (non-hydrogen) atoms. The lowest BCUT2D eigenvalue weighted by Crippen LogP contribution is -2.29. The summed E-state index contributed by atoms with van der Waals surface area (Å²) >= 11 is 0. The monoisotopic (exact) mass is 247 g/mol. The minimum atomic E-state index is -0.331. The lowest BCUT2D eigenvalue weighted by molar-refractivity contribution is -0.129. The highest BCUT2D eigenvalue weighted by molar-refractivity contribution is 5.83. The minimum absolute atomic E-state index is 0.176. The third-order valence-corrected chi connectivity index (χ3v) is 3.47. The van der Waals surface area contributed by atoms with Crippen LogP contribution in [0.1, 0.15) is 39.5 Å². The lowest BCUT2D eigenvalue weighted by Gasteiger charge is -2.25. The van der Waals surface area contributed by atoms with Gasteiger partial charge in [-0.2, -0.15) is 0 Å². The van der Waals surface area contributed by atoms with Crippen LogP contribution < -0.4 is 5.48 Å². The Bertz CT molecular complexity index is 400. The molecule has 0 saturated heterocycles. The Morgan fingerprint density at radius 3 is 2.72 bits per heavy atom. The number of Topliss-reactive ketones (excluding diaryl/α,β-unsaturated/α-hetero) is 1. The van der Waals surface area contributed by atoms with Gasteiger partial charge in [0.25, 0.3) is 0 Å². The van der Waals surface area contributed by atoms with E-state index in [4.69, 9.17) is 4.84 Å². The number of hydrogen-bond acceptors (Lipinski definition) is 3. The van der Waals surface area contributed by atoms with Crippen molar-refractivity contribution < 1.29 is 9.63 Å². The third-order valence-electron chi connectivity index (χ3n) is 3.47. The van der Waals surface area contributed by atoms with Crippen LogP contribution in [0.15, 0.2) is 30.3 Å². The van der Waals surface area contributed by atoms with Crippen LogP contribution in [0.3, 0.4) is 0 Å². The fraction of sp³-hybridized carbons (Fsp3) is 0.533. The Kier molecular flexibility index (Phi) is 4.02. The molecule has 1 atom stereocenters. The topological polar surface area (TPSA) is 38.3 Å². The molecule has 1 saturated carbocycles. The molecular formula is C15H21NO2. The van der Waals surface area contributed by atoms with Gasteiger partial charge in [0.05, 0.1) is 5.69 Å². The predicted octanol–water partition coefficient (Wildman–Crippen LogP) is 3.57. The van der Waals surface area contributed by atoms with Crippen molar-refractivity contribution in [2.75, 3.05) is 5.48 Å². The first-order valence-corrected chi connectivity index (χ1v) is 6.56. The molecule has 0 aromatic heterocycles. The van der Waals surface area contributed by atoms with Crippen molar-refractivity contribution in [3.63, 3.8) is 0 Å². The molecule has 3 heteroatoms. The van der Waals surface area contributed by atoms with Crippen molar-refractivity contribution in [2.45, 2.75) is 45.6 Å². The number of nitrogens with one attached hydrogen (secondary N) is 1. The van der Waals surface area contributed by atoms with Crippen LogP contribution in [0, 0.1) is 5.41 Å². The molecule has 0 spiro atoms. The molecule has 2 rings (SSSR count). The van der Waals surface area contributed by atoms with E-state index in [9.17, 15) is 4.79 Å². The number of para-hydroxylation sites is 1. The molecule has 1 N–H and O–H groups in total. The van der Waals surface area contributed by atoms with Crippen LogP contribution in [0.4, 0.5) is 5.69 Å². The van der Waals surface area contributed by atoms with Crippen molar-refractivity contribution in [1.82, 2.24) is 0 Å². The van der Waals surface area contributed by atoms with Crippen molar-refractivity contribution in [2.24, 2.45) is 5.41 Å². The number of rotatable bonds is 3. The maximum Gasteiger partial charge on any atom is 0.164 e. The average molecular weight is 247 g/mol. The number of carbonyl (C=O) groups is 1. The summed E-state index contributed by atoms with van der Waals surface area (Å²) in [6.45, 7) is 4.40. The van der Waals surface area contributed by atoms with Gasteiger partial charge in [-0.1, -0.05) is 32.0 Å². The Labute approximate surface area is 108 Å². The normalized spacial score (nSPS) is 23.4. The summed E-state index contributed by atoms with van der Waals surface area (Å²) in [6, 6.07) is 9.67. The van der Waals surface area contributed by atoms with Gasteiger partial charge < -0.3 is 0 Å². The highest BCUT2D eigenvalue weighted by Crippen LogP contribution is 2.33. The molecule has 0 radical (unpaired) electrons. The van der Waals surface area contributed by atoms with E-state index >= 15 is 0 Å². The number of anilines is 1. The van der Waals surface area contributed by atoms with Crippen LogP contribution in [0.25, 0.3) is 0 Å². The molecule has 0 heterocycles. The first-order valence-electron chi connectivity index (χ1n) is 6.56. The van der Waals surface area contributed by atoms with Crippen molar-refractivity contribution in [1.29, 1.82) is 0 Å². The summed E-state index contributed by atoms with van der Waals surface area (Å²) in [5.74, 6) is 0.212. The second-order valence-electron chi connectivity index (χ2n) is 5.76. The largest absolute Gasteiger partial charge is 0.297 e. The fourth-order valence-electron chi connectivity index (χ4n) is 2.37. The van der Waals surface area contributed by atoms with Crippen molar-refractivity contribution >= 4 is 11.5 Å². The zero-order chi connectivity index (χ0) is 13.0. The van der Waals surface area contributed by atoms with Gasteiger partial charge in [0, 0.05) is 6.42 Å². The molecule has 0 unspecified atom stereocenters. The molecule has 1 fully saturated rings. The van der Waals surface area contributed by atoms with Crippen LogP contribution >= 0.6 is 0 Å². The number of carbonyl (C=O) groups excluding carboxylic acids is 1. The Balaban J connectivity index is 1.96. The molecule has 1 aliphatic rings. The second-order valence-corrected chi connectivity index (χ2v) is 5.76. The summed E-state index contributed by atoms with van der Waals surface area (Å²) < 4.78 is 0. The van der Waals surface area contributed by atoms with Gasteiger partial charge in [-0.15, -0.1) is 0 Å². The highest BCUT2D eigenvalue weighted by atomic mass is 16.7. The van der Waals surface area contributed by atoms with Crippen LogP contribution in [-0.4, -0.2) is 11.9 Å². The number of hydrogen-bond donors (Lipinski definition) is 1. The van der Waals surface area contributed by atoms with E-state index in [1.165, 1.54) is 0 Å². The smallest absolute Gasteiger partial charge is 0.164 e. The van der Waals surface area contributed by atoms with E-state index in [0.717, 1.165) is 24.9 Å². The molecule has 0 bridgehead atoms. The summed E-state index contributed by atoms with van der Waals surface area (Å²) in [5, 5.41) is 0. The number of benzene rings is 1. The summed E-state index contributed by atoms with van der Waals surface area (Å²) in [4.78, 5) is 17.6. The van der Waals surface area contributed by atoms with Gasteiger partial charge >= 0.3 is 0 Å². The molecule has 3 nitrogen and oxygen atoms in total. The molecule has 1 aromatic rings. The third kappa shape index (κ3) is 3.57. The SMILES string of the molecule is CC1(C)CCCC(=O)[C@@H](ONc2ccccc2)C1. The average Bonchev–Trinajstić information content (AvgIpc) is 2.47. The van der Waals surface area contributed by atoms with Crippen molar-refractivity contribution in [3.8, 4) is 0 Å². The van der Waals surface area contributed by atoms with Gasteiger partial charge in [-0.25, -0.2) is 0 Å². The fourth-order valence-corrected chi connectivity index (χ4v) is 2.37. The first-order chi connectivity index (χ1) is 8.57. The van der Waals surface area contributed by atoms with Gasteiger partial charge in [-0.3, -0.25) is 15.1 Å². The molecule has 1 aliphatic carbocycles. The van der Waals surface area contributed by atoms with E-state index in [-0.39, 0.29) is 17.3 Å². The first kappa shape index (κ1) is 13.1. The Hall–Kier alpha value is -1.35. The standard InChI is InChI=1S/C15H21NO2/c1-15(2)10-6-9-13(17)14(11-15)18-16-12-7-4-3-5-8-12/h3-5,7-8,14,16H,6,9-11H2,1-2H3/t14-/m0/s1. The molecular weight excluding hydrogens is 226 g/mol. The Morgan fingerprint density at radius 1 is 1.28 bits per heavy atom. The number of ketones is 1. The van der Waals surface area contributed by atoms with Crippen LogP contribution in [0.5, 0.6) is 0 Å². The molecule has 1 aromatic carbocycles. The molecule has 0 aliphatic heterocycles. The molecule has 98 valence electrons. The van der Waals surface area contributed by atoms with E-state index in [2.05, 4.69) is 19.3 Å². The van der Waals surface area contributed by atoms with E-state index in [1.807, 2.05) is 30.3 Å². The second kappa shape index (κ2) is 5.53. The van der Waals surface area contributed by atoms with Gasteiger partial charge in [0.1, 0.15) is 6.10 Å². The minimum Gasteiger partial charge on any atom is -0.297 e. The lowest BCUT2D eigenvalue weighted by atomic mass is 9.84. The Morgan fingerprint density at radius 2 is 2.00 bits per heavy atom. The maximum absolute atomic E-state index is 12.0. The highest BCUT2D eigenvalue weighted by Gasteiger charge is 2.32. The predicted molar refractivity (Wildman–Crippen MR) is 72.2 cm³/mol. The zero-order valence-electron chi connectivity index (χ0n) is 11.1. The van der Waals surface area contributed by atoms with E-state index in [0.29, 0.717) is 6.42 Å². The quantitative estimate of drug-likeness (QED) is 0.655. The summed E-state index contributed by atoms with van der Waals surface area (Å²) in [7, 11) is 0. The van der Waals surface area contributed by atoms with E-state index < -0.39 is 0 Å². The van der Waals surface area contributed by atoms with Crippen LogP contribution in [0.2, 0.25) is 0 Å². The van der Waals surface area contributed by atoms with Gasteiger partial charge in [0.2, 0.25) is 0 Å². The van der Waals surface area contributed by atoms with Crippen molar-refractivity contribution in [3.05, 3.63) is 30.3 Å². The molecule has 0 amide bonds. The van der Waals surface area contributed by atoms with Crippen LogP contribution in [-0.2, 0) is 9.63 Å². The van der Waals surface area contributed by atoms with Gasteiger partial charge in [0.15, 0.2) is 5.78 Å². The summed E-state index contributed by atoms with van der Waals surface area (Å²) in [6.07, 6.45) is 3.14. The maximum atomic E-state index is 12.0. The zero-order valence-corrected chi connectivity index (χ0v) is 11.1. The van der Waals surface area contributed by atoms with E-state index in [1.54, 1.807) is 0 Å².